The minimum Gasteiger partial charge on any atom is -0.346 e. The molecule has 0 aliphatic rings. The van der Waals surface area contributed by atoms with Crippen LogP contribution in [0.15, 0.2) is 36.7 Å². The van der Waals surface area contributed by atoms with Crippen LogP contribution in [0, 0.1) is 12.8 Å². The van der Waals surface area contributed by atoms with Gasteiger partial charge in [0.1, 0.15) is 0 Å². The van der Waals surface area contributed by atoms with Crippen LogP contribution in [0.1, 0.15) is 43.1 Å². The van der Waals surface area contributed by atoms with Crippen molar-refractivity contribution in [3.8, 4) is 5.69 Å². The molecule has 0 saturated heterocycles. The normalized spacial score (nSPS) is 13.8. The van der Waals surface area contributed by atoms with E-state index in [0.717, 1.165) is 17.7 Å². The van der Waals surface area contributed by atoms with Crippen molar-refractivity contribution in [1.29, 1.82) is 0 Å². The van der Waals surface area contributed by atoms with Crippen LogP contribution in [0.25, 0.3) is 5.69 Å². The van der Waals surface area contributed by atoms with Gasteiger partial charge in [-0.3, -0.25) is 4.79 Å². The van der Waals surface area contributed by atoms with Crippen molar-refractivity contribution >= 4 is 5.91 Å². The van der Waals surface area contributed by atoms with Crippen LogP contribution in [0.3, 0.4) is 0 Å². The fraction of sp³-hybridized carbons (Fsp3) is 0.444. The molecule has 0 fully saturated rings. The largest absolute Gasteiger partial charge is 0.346 e. The summed E-state index contributed by atoms with van der Waals surface area (Å²) in [7, 11) is 0. The molecule has 0 aliphatic carbocycles. The number of aromatic nitrogens is 2. The monoisotopic (exact) mass is 314 g/mol. The number of carbonyl (C=O) groups is 1. The predicted octanol–water partition coefficient (Wildman–Crippen LogP) is 2.67. The number of nitrogens with two attached hydrogens (primary N) is 1. The minimum absolute atomic E-state index is 0.0956. The highest BCUT2D eigenvalue weighted by atomic mass is 16.1. The molecule has 1 heterocycles. The summed E-state index contributed by atoms with van der Waals surface area (Å²) in [6, 6.07) is 7.41. The highest BCUT2D eigenvalue weighted by Crippen LogP contribution is 2.17. The zero-order chi connectivity index (χ0) is 17.0. The Bertz CT molecular complexity index is 660. The summed E-state index contributed by atoms with van der Waals surface area (Å²) < 4.78 is 1.79. The van der Waals surface area contributed by atoms with Crippen molar-refractivity contribution in [3.63, 3.8) is 0 Å². The van der Waals surface area contributed by atoms with Crippen molar-refractivity contribution in [2.45, 2.75) is 39.7 Å². The van der Waals surface area contributed by atoms with Gasteiger partial charge < -0.3 is 11.1 Å². The summed E-state index contributed by atoms with van der Waals surface area (Å²) in [4.78, 5) is 12.5. The molecule has 5 heteroatoms. The lowest BCUT2D eigenvalue weighted by atomic mass is 9.90. The highest BCUT2D eigenvalue weighted by molar-refractivity contribution is 5.94. The van der Waals surface area contributed by atoms with E-state index in [0.29, 0.717) is 18.0 Å². The van der Waals surface area contributed by atoms with Crippen molar-refractivity contribution in [1.82, 2.24) is 15.1 Å². The van der Waals surface area contributed by atoms with Gasteiger partial charge in [0.05, 0.1) is 11.9 Å². The third kappa shape index (κ3) is 4.42. The van der Waals surface area contributed by atoms with Crippen LogP contribution in [0.4, 0.5) is 0 Å². The van der Waals surface area contributed by atoms with Gasteiger partial charge in [-0.15, -0.1) is 0 Å². The Kier molecular flexibility index (Phi) is 5.21. The van der Waals surface area contributed by atoms with Crippen LogP contribution in [0.5, 0.6) is 0 Å². The third-order valence-corrected chi connectivity index (χ3v) is 3.83. The Morgan fingerprint density at radius 1 is 1.35 bits per heavy atom. The lowest BCUT2D eigenvalue weighted by Crippen LogP contribution is -2.52. The van der Waals surface area contributed by atoms with E-state index in [1.54, 1.807) is 10.9 Å². The van der Waals surface area contributed by atoms with Gasteiger partial charge in [-0.05, 0) is 56.0 Å². The number of rotatable bonds is 6. The Morgan fingerprint density at radius 2 is 2.00 bits per heavy atom. The van der Waals surface area contributed by atoms with E-state index in [2.05, 4.69) is 24.3 Å². The lowest BCUT2D eigenvalue weighted by Gasteiger charge is -2.31. The Labute approximate surface area is 137 Å². The first-order valence-electron chi connectivity index (χ1n) is 7.97. The second-order valence-corrected chi connectivity index (χ2v) is 6.83. The van der Waals surface area contributed by atoms with Crippen LogP contribution in [-0.2, 0) is 0 Å². The van der Waals surface area contributed by atoms with Gasteiger partial charge in [0.15, 0.2) is 0 Å². The summed E-state index contributed by atoms with van der Waals surface area (Å²) in [6.07, 6.45) is 4.60. The van der Waals surface area contributed by atoms with E-state index >= 15 is 0 Å². The summed E-state index contributed by atoms with van der Waals surface area (Å²) in [5.41, 5.74) is 8.12. The third-order valence-electron chi connectivity index (χ3n) is 3.83. The molecule has 0 spiro atoms. The molecule has 5 nitrogen and oxygen atoms in total. The number of carbonyl (C=O) groups excluding carboxylic acids is 1. The first-order valence-corrected chi connectivity index (χ1v) is 7.97. The summed E-state index contributed by atoms with van der Waals surface area (Å²) in [5.74, 6) is 0.371. The summed E-state index contributed by atoms with van der Waals surface area (Å²) >= 11 is 0. The second kappa shape index (κ2) is 6.96. The van der Waals surface area contributed by atoms with Crippen molar-refractivity contribution in [3.05, 3.63) is 47.8 Å². The molecule has 0 radical (unpaired) electrons. The zero-order valence-electron chi connectivity index (χ0n) is 14.3. The van der Waals surface area contributed by atoms with Crippen LogP contribution in [0.2, 0.25) is 0 Å². The number of nitrogens with zero attached hydrogens (tertiary/aromatic N) is 2. The molecule has 0 bridgehead atoms. The number of hydrogen-bond acceptors (Lipinski definition) is 3. The van der Waals surface area contributed by atoms with E-state index in [9.17, 15) is 4.79 Å². The van der Waals surface area contributed by atoms with E-state index in [-0.39, 0.29) is 11.4 Å². The number of amides is 1. The van der Waals surface area contributed by atoms with Crippen LogP contribution < -0.4 is 11.1 Å². The first kappa shape index (κ1) is 17.2. The van der Waals surface area contributed by atoms with Gasteiger partial charge in [0, 0.05) is 23.8 Å². The maximum atomic E-state index is 12.5. The van der Waals surface area contributed by atoms with E-state index in [1.807, 2.05) is 44.3 Å². The van der Waals surface area contributed by atoms with E-state index < -0.39 is 0 Å². The van der Waals surface area contributed by atoms with Gasteiger partial charge in [-0.2, -0.15) is 5.10 Å². The molecule has 1 atom stereocenters. The Morgan fingerprint density at radius 3 is 2.48 bits per heavy atom. The van der Waals surface area contributed by atoms with Crippen molar-refractivity contribution < 1.29 is 4.79 Å². The summed E-state index contributed by atoms with van der Waals surface area (Å²) in [6.45, 7) is 8.66. The predicted molar refractivity (Wildman–Crippen MR) is 92.7 cm³/mol. The highest BCUT2D eigenvalue weighted by Gasteiger charge is 2.26. The maximum absolute atomic E-state index is 12.5. The molecule has 2 rings (SSSR count). The molecular formula is C18H26N4O. The molecule has 2 aromatic rings. The molecule has 124 valence electrons. The Hall–Kier alpha value is -2.14. The average molecular weight is 314 g/mol. The fourth-order valence-corrected chi connectivity index (χ4v) is 2.75. The quantitative estimate of drug-likeness (QED) is 0.861. The Balaban J connectivity index is 2.11. The average Bonchev–Trinajstić information content (AvgIpc) is 2.93. The van der Waals surface area contributed by atoms with Crippen LogP contribution in [-0.4, -0.2) is 27.8 Å². The molecule has 1 aromatic heterocycles. The van der Waals surface area contributed by atoms with E-state index in [1.165, 1.54) is 0 Å². The van der Waals surface area contributed by atoms with Crippen LogP contribution >= 0.6 is 0 Å². The van der Waals surface area contributed by atoms with Gasteiger partial charge >= 0.3 is 0 Å². The van der Waals surface area contributed by atoms with Crippen molar-refractivity contribution in [2.75, 3.05) is 6.54 Å². The molecule has 23 heavy (non-hydrogen) atoms. The molecule has 0 aliphatic heterocycles. The number of benzene rings is 1. The molecule has 1 aromatic carbocycles. The maximum Gasteiger partial charge on any atom is 0.251 e. The number of aryl methyl sites for hydroxylation is 1. The molecule has 0 saturated carbocycles. The molecule has 3 N–H and O–H groups in total. The van der Waals surface area contributed by atoms with Gasteiger partial charge in [-0.1, -0.05) is 13.8 Å². The molecule has 1 amide bonds. The molecular weight excluding hydrogens is 288 g/mol. The number of nitrogens with one attached hydrogen (secondary N) is 1. The lowest BCUT2D eigenvalue weighted by molar-refractivity contribution is 0.0898. The van der Waals surface area contributed by atoms with Gasteiger partial charge in [0.25, 0.3) is 5.91 Å². The standard InChI is InChI=1S/C18H26N4O/c1-13(2)9-18(4,12-19)21-17(23)15-5-7-16(8-6-15)22-11-14(3)10-20-22/h5-8,10-11,13H,9,12,19H2,1-4H3,(H,21,23). The smallest absolute Gasteiger partial charge is 0.251 e. The second-order valence-electron chi connectivity index (χ2n) is 6.83. The molecule has 1 unspecified atom stereocenters. The zero-order valence-corrected chi connectivity index (χ0v) is 14.3. The van der Waals surface area contributed by atoms with Gasteiger partial charge in [0.2, 0.25) is 0 Å². The summed E-state index contributed by atoms with van der Waals surface area (Å²) in [5, 5.41) is 7.33. The topological polar surface area (TPSA) is 72.9 Å². The first-order chi connectivity index (χ1) is 10.8. The van der Waals surface area contributed by atoms with E-state index in [4.69, 9.17) is 5.73 Å². The number of hydrogen-bond donors (Lipinski definition) is 2. The minimum atomic E-state index is -0.386. The fourth-order valence-electron chi connectivity index (χ4n) is 2.75. The van der Waals surface area contributed by atoms with Gasteiger partial charge in [-0.25, -0.2) is 4.68 Å². The SMILES string of the molecule is Cc1cnn(-c2ccc(C(=O)NC(C)(CN)CC(C)C)cc2)c1. The van der Waals surface area contributed by atoms with Crippen molar-refractivity contribution in [2.24, 2.45) is 11.7 Å².